The van der Waals surface area contributed by atoms with Crippen LogP contribution in [0.3, 0.4) is 0 Å². The lowest BCUT2D eigenvalue weighted by atomic mass is 9.86. The van der Waals surface area contributed by atoms with E-state index in [1.807, 2.05) is 14.1 Å². The van der Waals surface area contributed by atoms with Gasteiger partial charge in [0.05, 0.1) is 5.92 Å². The van der Waals surface area contributed by atoms with Crippen molar-refractivity contribution in [1.29, 1.82) is 0 Å². The Kier molecular flexibility index (Phi) is 33.2. The molecule has 0 bridgehead atoms. The molecule has 7 nitrogen and oxygen atoms in total. The maximum absolute atomic E-state index is 14.1. The molecule has 2 aliphatic carbocycles. The first-order valence-corrected chi connectivity index (χ1v) is 26.2. The van der Waals surface area contributed by atoms with Gasteiger partial charge >= 0.3 is 17.9 Å². The topological polar surface area (TPSA) is 82.1 Å². The molecule has 0 aromatic heterocycles. The quantitative estimate of drug-likeness (QED) is 0.0334. The Morgan fingerprint density at radius 3 is 1.60 bits per heavy atom. The lowest BCUT2D eigenvalue weighted by Crippen LogP contribution is -2.26. The van der Waals surface area contributed by atoms with E-state index in [0.29, 0.717) is 24.5 Å². The Balaban J connectivity index is 2.10. The Morgan fingerprint density at radius 1 is 0.534 bits per heavy atom. The van der Waals surface area contributed by atoms with Gasteiger partial charge in [-0.15, -0.1) is 11.8 Å². The fraction of sp³-hybridized carbons (Fsp3) is 0.940. The number of rotatable bonds is 28. The van der Waals surface area contributed by atoms with Crippen LogP contribution < -0.4 is 0 Å². The highest BCUT2D eigenvalue weighted by Crippen LogP contribution is 2.30. The Hall–Kier alpha value is -1.28. The molecule has 0 N–H and O–H groups in total. The normalized spacial score (nSPS) is 18.8. The molecular formula is C50H93NO6S. The fourth-order valence-corrected chi connectivity index (χ4v) is 10.1. The molecule has 0 radical (unpaired) electrons. The zero-order chi connectivity index (χ0) is 41.9. The van der Waals surface area contributed by atoms with Crippen molar-refractivity contribution in [3.63, 3.8) is 0 Å². The minimum absolute atomic E-state index is 0.0186. The van der Waals surface area contributed by atoms with Crippen LogP contribution in [0.1, 0.15) is 245 Å². The molecule has 0 amide bonds. The first-order valence-electron chi connectivity index (χ1n) is 25.2. The van der Waals surface area contributed by atoms with Gasteiger partial charge in [0.1, 0.15) is 17.6 Å². The molecule has 3 unspecified atom stereocenters. The minimum atomic E-state index is -0.268. The number of ether oxygens (including phenoxy) is 3. The summed E-state index contributed by atoms with van der Waals surface area (Å²) in [7, 11) is 4.07. The van der Waals surface area contributed by atoms with E-state index >= 15 is 0 Å². The lowest BCUT2D eigenvalue weighted by molar-refractivity contribution is -0.152. The van der Waals surface area contributed by atoms with E-state index in [0.717, 1.165) is 116 Å². The average molecular weight is 836 g/mol. The highest BCUT2D eigenvalue weighted by molar-refractivity contribution is 7.99. The first kappa shape index (κ1) is 52.9. The molecule has 0 aromatic carbocycles. The standard InChI is InChI=1S/C50H93NO6S/c1-5-7-9-26-36-46(56-48(53)40-39-43-30-22-20-23-31-43)42-58-49(38-28-27-35-45(34-21-8-6-2)55-47(52)37-29-41-51(3)4)57-50(54)44-32-24-18-16-14-12-10-11-13-15-17-19-25-33-44/h43-46,49H,5-42H2,1-4H3. The maximum Gasteiger partial charge on any atom is 0.310 e. The summed E-state index contributed by atoms with van der Waals surface area (Å²) in [6, 6.07) is 0. The van der Waals surface area contributed by atoms with Gasteiger partial charge in [-0.25, -0.2) is 0 Å². The van der Waals surface area contributed by atoms with Gasteiger partial charge in [0.2, 0.25) is 0 Å². The summed E-state index contributed by atoms with van der Waals surface area (Å²) < 4.78 is 18.8. The van der Waals surface area contributed by atoms with Crippen LogP contribution in [0.2, 0.25) is 0 Å². The van der Waals surface area contributed by atoms with Crippen molar-refractivity contribution < 1.29 is 28.6 Å². The van der Waals surface area contributed by atoms with Crippen molar-refractivity contribution in [1.82, 2.24) is 4.90 Å². The number of esters is 3. The van der Waals surface area contributed by atoms with E-state index in [1.54, 1.807) is 11.8 Å². The van der Waals surface area contributed by atoms with Crippen molar-refractivity contribution >= 4 is 29.7 Å². The molecule has 0 aromatic rings. The van der Waals surface area contributed by atoms with Crippen LogP contribution >= 0.6 is 11.8 Å². The van der Waals surface area contributed by atoms with E-state index in [9.17, 15) is 14.4 Å². The second-order valence-corrected chi connectivity index (χ2v) is 19.7. The van der Waals surface area contributed by atoms with Crippen molar-refractivity contribution in [3.05, 3.63) is 0 Å². The summed E-state index contributed by atoms with van der Waals surface area (Å²) in [6.07, 6.45) is 39.1. The maximum atomic E-state index is 14.1. The Bertz CT molecular complexity index is 987. The summed E-state index contributed by atoms with van der Waals surface area (Å²) in [5, 5.41) is 0. The molecule has 2 fully saturated rings. The van der Waals surface area contributed by atoms with Gasteiger partial charge < -0.3 is 19.1 Å². The van der Waals surface area contributed by atoms with E-state index in [2.05, 4.69) is 18.7 Å². The van der Waals surface area contributed by atoms with E-state index < -0.39 is 0 Å². The Morgan fingerprint density at radius 2 is 1.00 bits per heavy atom. The first-order chi connectivity index (χ1) is 28.3. The van der Waals surface area contributed by atoms with Crippen LogP contribution in [0, 0.1) is 11.8 Å². The smallest absolute Gasteiger partial charge is 0.310 e. The molecule has 0 spiro atoms. The van der Waals surface area contributed by atoms with Gasteiger partial charge in [-0.2, -0.15) is 0 Å². The molecular weight excluding hydrogens is 743 g/mol. The summed E-state index contributed by atoms with van der Waals surface area (Å²) >= 11 is 1.69. The van der Waals surface area contributed by atoms with Crippen LogP contribution in [0.5, 0.6) is 0 Å². The van der Waals surface area contributed by atoms with Crippen LogP contribution in [0.25, 0.3) is 0 Å². The SMILES string of the molecule is CCCCCCC(CSC(CCCCC(CCCCC)OC(=O)CCCN(C)C)OC(=O)C1CCCCCCCCCCCCCC1)OC(=O)CCC1CCCCC1. The summed E-state index contributed by atoms with van der Waals surface area (Å²) in [5.74, 6) is 1.13. The Labute approximate surface area is 362 Å². The molecule has 8 heteroatoms. The zero-order valence-corrected chi connectivity index (χ0v) is 39.4. The molecule has 3 atom stereocenters. The predicted molar refractivity (Wildman–Crippen MR) is 245 cm³/mol. The zero-order valence-electron chi connectivity index (χ0n) is 38.6. The third-order valence-electron chi connectivity index (χ3n) is 12.7. The highest BCUT2D eigenvalue weighted by atomic mass is 32.2. The van der Waals surface area contributed by atoms with Gasteiger partial charge in [-0.05, 0) is 104 Å². The average Bonchev–Trinajstić information content (AvgIpc) is 3.22. The molecule has 0 aliphatic heterocycles. The number of hydrogen-bond acceptors (Lipinski definition) is 8. The number of carbonyl (C=O) groups excluding carboxylic acids is 3. The summed E-state index contributed by atoms with van der Waals surface area (Å²) in [4.78, 5) is 42.1. The minimum Gasteiger partial charge on any atom is -0.462 e. The number of hydrogen-bond donors (Lipinski definition) is 0. The fourth-order valence-electron chi connectivity index (χ4n) is 8.92. The van der Waals surface area contributed by atoms with Gasteiger partial charge in [0.15, 0.2) is 0 Å². The van der Waals surface area contributed by atoms with Crippen molar-refractivity contribution in [2.24, 2.45) is 11.8 Å². The van der Waals surface area contributed by atoms with E-state index in [4.69, 9.17) is 14.2 Å². The number of nitrogens with zero attached hydrogens (tertiary/aromatic N) is 1. The van der Waals surface area contributed by atoms with Crippen molar-refractivity contribution in [2.75, 3.05) is 26.4 Å². The van der Waals surface area contributed by atoms with Gasteiger partial charge in [0, 0.05) is 18.6 Å². The monoisotopic (exact) mass is 836 g/mol. The molecule has 58 heavy (non-hydrogen) atoms. The predicted octanol–water partition coefficient (Wildman–Crippen LogP) is 14.3. The molecule has 0 heterocycles. The molecule has 0 saturated heterocycles. The second-order valence-electron chi connectivity index (χ2n) is 18.5. The third kappa shape index (κ3) is 29.1. The second kappa shape index (κ2) is 36.4. The summed E-state index contributed by atoms with van der Waals surface area (Å²) in [6.45, 7) is 5.32. The van der Waals surface area contributed by atoms with Gasteiger partial charge in [0.25, 0.3) is 0 Å². The van der Waals surface area contributed by atoms with Gasteiger partial charge in [-0.3, -0.25) is 14.4 Å². The molecule has 2 rings (SSSR count). The largest absolute Gasteiger partial charge is 0.462 e. The van der Waals surface area contributed by atoms with Crippen molar-refractivity contribution in [3.8, 4) is 0 Å². The van der Waals surface area contributed by atoms with Gasteiger partial charge in [-0.1, -0.05) is 155 Å². The van der Waals surface area contributed by atoms with Crippen LogP contribution in [0.4, 0.5) is 0 Å². The lowest BCUT2D eigenvalue weighted by Gasteiger charge is -2.25. The number of unbranched alkanes of at least 4 members (excludes halogenated alkanes) is 6. The molecule has 340 valence electrons. The molecule has 2 saturated carbocycles. The highest BCUT2D eigenvalue weighted by Gasteiger charge is 2.26. The van der Waals surface area contributed by atoms with Crippen LogP contribution in [-0.2, 0) is 28.6 Å². The third-order valence-corrected chi connectivity index (χ3v) is 14.0. The van der Waals surface area contributed by atoms with Crippen molar-refractivity contribution in [2.45, 2.75) is 263 Å². The molecule has 2 aliphatic rings. The summed E-state index contributed by atoms with van der Waals surface area (Å²) in [5.41, 5.74) is -0.268. The van der Waals surface area contributed by atoms with E-state index in [-0.39, 0.29) is 41.5 Å². The number of carbonyl (C=O) groups is 3. The van der Waals surface area contributed by atoms with E-state index in [1.165, 1.54) is 109 Å². The van der Waals surface area contributed by atoms with Crippen LogP contribution in [0.15, 0.2) is 0 Å². The number of thioether (sulfide) groups is 1. The van der Waals surface area contributed by atoms with Crippen LogP contribution in [-0.4, -0.2) is 66.8 Å².